The van der Waals surface area contributed by atoms with E-state index in [9.17, 15) is 0 Å². The van der Waals surface area contributed by atoms with Gasteiger partial charge in [0.15, 0.2) is 5.75 Å². The third-order valence-electron chi connectivity index (χ3n) is 3.49. The van der Waals surface area contributed by atoms with E-state index < -0.39 is 0 Å². The van der Waals surface area contributed by atoms with E-state index in [1.165, 1.54) is 12.8 Å². The molecule has 4 heteroatoms. The van der Waals surface area contributed by atoms with E-state index in [0.717, 1.165) is 37.1 Å². The number of para-hydroxylation sites is 1. The van der Waals surface area contributed by atoms with Gasteiger partial charge in [-0.25, -0.2) is 0 Å². The second-order valence-corrected chi connectivity index (χ2v) is 5.01. The molecule has 0 radical (unpaired) electrons. The van der Waals surface area contributed by atoms with Crippen molar-refractivity contribution in [2.45, 2.75) is 19.4 Å². The quantitative estimate of drug-likeness (QED) is 0.915. The molecular formula is C15H19N3O. The van der Waals surface area contributed by atoms with Gasteiger partial charge in [0.25, 0.3) is 0 Å². The molecule has 3 rings (SSSR count). The summed E-state index contributed by atoms with van der Waals surface area (Å²) in [7, 11) is 0. The van der Waals surface area contributed by atoms with Gasteiger partial charge in [-0.1, -0.05) is 18.2 Å². The Morgan fingerprint density at radius 3 is 2.74 bits per heavy atom. The van der Waals surface area contributed by atoms with Crippen molar-refractivity contribution in [3.63, 3.8) is 0 Å². The first kappa shape index (κ1) is 12.2. The van der Waals surface area contributed by atoms with Crippen LogP contribution >= 0.6 is 0 Å². The highest BCUT2D eigenvalue weighted by molar-refractivity contribution is 5.27. The van der Waals surface area contributed by atoms with E-state index in [-0.39, 0.29) is 0 Å². The summed E-state index contributed by atoms with van der Waals surface area (Å²) in [5.41, 5.74) is 0. The van der Waals surface area contributed by atoms with Crippen LogP contribution in [0.4, 0.5) is 0 Å². The Morgan fingerprint density at radius 1 is 1.16 bits per heavy atom. The predicted molar refractivity (Wildman–Crippen MR) is 74.3 cm³/mol. The SMILES string of the molecule is c1ccc(Oc2cnn(CC3CCNCC3)c2)cc1. The van der Waals surface area contributed by atoms with Gasteiger partial charge in [-0.15, -0.1) is 0 Å². The zero-order valence-corrected chi connectivity index (χ0v) is 11.0. The lowest BCUT2D eigenvalue weighted by Crippen LogP contribution is -2.29. The Morgan fingerprint density at radius 2 is 1.95 bits per heavy atom. The van der Waals surface area contributed by atoms with Crippen molar-refractivity contribution >= 4 is 0 Å². The fourth-order valence-corrected chi connectivity index (χ4v) is 2.45. The van der Waals surface area contributed by atoms with Crippen molar-refractivity contribution < 1.29 is 4.74 Å². The largest absolute Gasteiger partial charge is 0.454 e. The lowest BCUT2D eigenvalue weighted by atomic mass is 9.98. The first-order valence-corrected chi connectivity index (χ1v) is 6.86. The van der Waals surface area contributed by atoms with E-state index in [2.05, 4.69) is 10.4 Å². The lowest BCUT2D eigenvalue weighted by molar-refractivity contribution is 0.321. The minimum absolute atomic E-state index is 0.728. The molecule has 0 saturated carbocycles. The molecule has 1 saturated heterocycles. The van der Waals surface area contributed by atoms with Gasteiger partial charge in [0, 0.05) is 6.54 Å². The Bertz CT molecular complexity index is 503. The molecule has 4 nitrogen and oxygen atoms in total. The number of piperidine rings is 1. The summed E-state index contributed by atoms with van der Waals surface area (Å²) >= 11 is 0. The van der Waals surface area contributed by atoms with Gasteiger partial charge in [0.1, 0.15) is 5.75 Å². The summed E-state index contributed by atoms with van der Waals surface area (Å²) in [4.78, 5) is 0. The van der Waals surface area contributed by atoms with Crippen LogP contribution in [0, 0.1) is 5.92 Å². The number of hydrogen-bond donors (Lipinski definition) is 1. The molecule has 1 aromatic carbocycles. The molecule has 0 atom stereocenters. The molecule has 19 heavy (non-hydrogen) atoms. The monoisotopic (exact) mass is 257 g/mol. The van der Waals surface area contributed by atoms with E-state index in [1.807, 2.05) is 41.2 Å². The van der Waals surface area contributed by atoms with E-state index in [0.29, 0.717) is 0 Å². The summed E-state index contributed by atoms with van der Waals surface area (Å²) in [6.45, 7) is 3.23. The molecule has 1 fully saturated rings. The molecule has 100 valence electrons. The topological polar surface area (TPSA) is 39.1 Å². The summed E-state index contributed by atoms with van der Waals surface area (Å²) in [6, 6.07) is 9.81. The van der Waals surface area contributed by atoms with Crippen molar-refractivity contribution in [1.29, 1.82) is 0 Å². The average Bonchev–Trinajstić information content (AvgIpc) is 2.88. The van der Waals surface area contributed by atoms with Crippen molar-refractivity contribution in [2.24, 2.45) is 5.92 Å². The number of nitrogens with zero attached hydrogens (tertiary/aromatic N) is 2. The van der Waals surface area contributed by atoms with Gasteiger partial charge < -0.3 is 10.1 Å². The Balaban J connectivity index is 1.59. The zero-order chi connectivity index (χ0) is 12.9. The first-order chi connectivity index (χ1) is 9.40. The van der Waals surface area contributed by atoms with E-state index >= 15 is 0 Å². The van der Waals surface area contributed by atoms with Crippen LogP contribution in [0.15, 0.2) is 42.7 Å². The molecule has 1 aromatic heterocycles. The van der Waals surface area contributed by atoms with Gasteiger partial charge in [-0.05, 0) is 44.0 Å². The average molecular weight is 257 g/mol. The van der Waals surface area contributed by atoms with Gasteiger partial charge in [-0.2, -0.15) is 5.10 Å². The molecule has 0 bridgehead atoms. The van der Waals surface area contributed by atoms with E-state index in [1.54, 1.807) is 6.20 Å². The molecule has 0 amide bonds. The highest BCUT2D eigenvalue weighted by Gasteiger charge is 2.14. The Hall–Kier alpha value is -1.81. The zero-order valence-electron chi connectivity index (χ0n) is 11.0. The number of rotatable bonds is 4. The molecule has 1 N–H and O–H groups in total. The Kier molecular flexibility index (Phi) is 3.79. The Labute approximate surface area is 113 Å². The van der Waals surface area contributed by atoms with E-state index in [4.69, 9.17) is 4.74 Å². The van der Waals surface area contributed by atoms with Crippen LogP contribution in [-0.2, 0) is 6.54 Å². The second kappa shape index (κ2) is 5.89. The molecule has 0 spiro atoms. The number of nitrogens with one attached hydrogen (secondary N) is 1. The van der Waals surface area contributed by atoms with Crippen LogP contribution in [0.5, 0.6) is 11.5 Å². The second-order valence-electron chi connectivity index (χ2n) is 5.01. The summed E-state index contributed by atoms with van der Waals surface area (Å²) in [5, 5.41) is 7.76. The maximum Gasteiger partial charge on any atom is 0.165 e. The molecule has 0 unspecified atom stereocenters. The van der Waals surface area contributed by atoms with Crippen molar-refractivity contribution in [3.05, 3.63) is 42.7 Å². The van der Waals surface area contributed by atoms with Crippen LogP contribution in [0.25, 0.3) is 0 Å². The minimum Gasteiger partial charge on any atom is -0.454 e. The molecule has 2 aromatic rings. The number of ether oxygens (including phenoxy) is 1. The first-order valence-electron chi connectivity index (χ1n) is 6.86. The minimum atomic E-state index is 0.728. The summed E-state index contributed by atoms with van der Waals surface area (Å²) < 4.78 is 7.75. The van der Waals surface area contributed by atoms with Gasteiger partial charge in [-0.3, -0.25) is 4.68 Å². The third-order valence-corrected chi connectivity index (χ3v) is 3.49. The van der Waals surface area contributed by atoms with Crippen LogP contribution < -0.4 is 10.1 Å². The van der Waals surface area contributed by atoms with Crippen molar-refractivity contribution in [2.75, 3.05) is 13.1 Å². The summed E-state index contributed by atoms with van der Waals surface area (Å²) in [6.07, 6.45) is 6.23. The molecule has 0 aliphatic carbocycles. The summed E-state index contributed by atoms with van der Waals surface area (Å²) in [5.74, 6) is 2.38. The standard InChI is InChI=1S/C15H19N3O/c1-2-4-14(5-3-1)19-15-10-17-18(12-15)11-13-6-8-16-9-7-13/h1-5,10,12-13,16H,6-9,11H2. The van der Waals surface area contributed by atoms with Gasteiger partial charge >= 0.3 is 0 Å². The smallest absolute Gasteiger partial charge is 0.165 e. The molecule has 1 aliphatic rings. The number of hydrogen-bond acceptors (Lipinski definition) is 3. The van der Waals surface area contributed by atoms with Crippen LogP contribution in [0.3, 0.4) is 0 Å². The van der Waals surface area contributed by atoms with Crippen molar-refractivity contribution in [1.82, 2.24) is 15.1 Å². The maximum atomic E-state index is 5.75. The maximum absolute atomic E-state index is 5.75. The highest BCUT2D eigenvalue weighted by Crippen LogP contribution is 2.21. The molecule has 2 heterocycles. The van der Waals surface area contributed by atoms with Gasteiger partial charge in [0.2, 0.25) is 0 Å². The molecule has 1 aliphatic heterocycles. The normalized spacial score (nSPS) is 16.4. The third kappa shape index (κ3) is 3.35. The van der Waals surface area contributed by atoms with Crippen LogP contribution in [0.1, 0.15) is 12.8 Å². The van der Waals surface area contributed by atoms with Crippen LogP contribution in [-0.4, -0.2) is 22.9 Å². The fraction of sp³-hybridized carbons (Fsp3) is 0.400. The number of benzene rings is 1. The van der Waals surface area contributed by atoms with Crippen molar-refractivity contribution in [3.8, 4) is 11.5 Å². The highest BCUT2D eigenvalue weighted by atomic mass is 16.5. The van der Waals surface area contributed by atoms with Crippen LogP contribution in [0.2, 0.25) is 0 Å². The molecular weight excluding hydrogens is 238 g/mol. The predicted octanol–water partition coefficient (Wildman–Crippen LogP) is 2.68. The number of aromatic nitrogens is 2. The lowest BCUT2D eigenvalue weighted by Gasteiger charge is -2.22. The fourth-order valence-electron chi connectivity index (χ4n) is 2.45. The van der Waals surface area contributed by atoms with Gasteiger partial charge in [0.05, 0.1) is 12.4 Å².